The van der Waals surface area contributed by atoms with Gasteiger partial charge in [0.2, 0.25) is 0 Å². The Balaban J connectivity index is 2.42. The zero-order valence-corrected chi connectivity index (χ0v) is 4.56. The first-order valence-corrected chi connectivity index (χ1v) is 2.36. The highest BCUT2D eigenvalue weighted by Gasteiger charge is 2.09. The quantitative estimate of drug-likeness (QED) is 0.475. The molecule has 0 aromatic carbocycles. The third kappa shape index (κ3) is 1.20. The molecule has 0 spiro atoms. The predicted octanol–water partition coefficient (Wildman–Crippen LogP) is 1.19. The number of rotatable bonds is 0. The summed E-state index contributed by atoms with van der Waals surface area (Å²) in [6, 6.07) is 0. The molecule has 46 valence electrons. The predicted molar refractivity (Wildman–Crippen MR) is 25.7 cm³/mol. The molecule has 1 rings (SSSR count). The summed E-state index contributed by atoms with van der Waals surface area (Å²) in [6.45, 7) is 0.589. The molecule has 0 amide bonds. The standard InChI is InChI=1S/C5H7FO2/c1-4-2-7-5(6)8-3-4/h2,5H,3H2,1H3. The summed E-state index contributed by atoms with van der Waals surface area (Å²) in [7, 11) is 0. The summed E-state index contributed by atoms with van der Waals surface area (Å²) in [5, 5.41) is 0. The first kappa shape index (κ1) is 5.56. The summed E-state index contributed by atoms with van der Waals surface area (Å²) in [5.41, 5.74) is 0.902. The second-order valence-corrected chi connectivity index (χ2v) is 1.69. The fourth-order valence-electron chi connectivity index (χ4n) is 0.440. The van der Waals surface area contributed by atoms with Gasteiger partial charge in [-0.1, -0.05) is 0 Å². The van der Waals surface area contributed by atoms with E-state index in [1.807, 2.05) is 6.92 Å². The van der Waals surface area contributed by atoms with E-state index in [1.165, 1.54) is 6.26 Å². The lowest BCUT2D eigenvalue weighted by molar-refractivity contribution is -0.195. The Morgan fingerprint density at radius 1 is 1.88 bits per heavy atom. The molecule has 1 atom stereocenters. The van der Waals surface area contributed by atoms with Crippen LogP contribution in [0.25, 0.3) is 0 Å². The van der Waals surface area contributed by atoms with E-state index in [1.54, 1.807) is 0 Å². The smallest absolute Gasteiger partial charge is 0.352 e. The van der Waals surface area contributed by atoms with Crippen molar-refractivity contribution in [3.05, 3.63) is 11.8 Å². The number of halogens is 1. The number of alkyl halides is 1. The average Bonchev–Trinajstić information content (AvgIpc) is 1.77. The van der Waals surface area contributed by atoms with Gasteiger partial charge in [-0.15, -0.1) is 0 Å². The van der Waals surface area contributed by atoms with Gasteiger partial charge in [0.05, 0.1) is 12.9 Å². The van der Waals surface area contributed by atoms with Gasteiger partial charge in [-0.3, -0.25) is 0 Å². The highest BCUT2D eigenvalue weighted by Crippen LogP contribution is 2.08. The van der Waals surface area contributed by atoms with E-state index in [0.717, 1.165) is 5.57 Å². The van der Waals surface area contributed by atoms with Crippen LogP contribution in [0.2, 0.25) is 0 Å². The van der Waals surface area contributed by atoms with Crippen molar-refractivity contribution in [3.8, 4) is 0 Å². The minimum absolute atomic E-state index is 0.334. The van der Waals surface area contributed by atoms with Crippen LogP contribution in [0.1, 0.15) is 6.92 Å². The monoisotopic (exact) mass is 118 g/mol. The van der Waals surface area contributed by atoms with Crippen molar-refractivity contribution >= 4 is 0 Å². The van der Waals surface area contributed by atoms with Crippen molar-refractivity contribution < 1.29 is 13.9 Å². The Kier molecular flexibility index (Phi) is 1.48. The normalized spacial score (nSPS) is 28.8. The molecule has 0 saturated carbocycles. The Morgan fingerprint density at radius 2 is 2.62 bits per heavy atom. The Hall–Kier alpha value is -0.570. The lowest BCUT2D eigenvalue weighted by Crippen LogP contribution is -2.14. The van der Waals surface area contributed by atoms with Gasteiger partial charge in [-0.05, 0) is 12.5 Å². The minimum atomic E-state index is -1.56. The number of hydrogen-bond donors (Lipinski definition) is 0. The second-order valence-electron chi connectivity index (χ2n) is 1.69. The third-order valence-electron chi connectivity index (χ3n) is 0.818. The molecule has 8 heavy (non-hydrogen) atoms. The molecule has 0 N–H and O–H groups in total. The molecule has 1 aliphatic rings. The van der Waals surface area contributed by atoms with E-state index >= 15 is 0 Å². The second kappa shape index (κ2) is 2.13. The van der Waals surface area contributed by atoms with Crippen molar-refractivity contribution in [2.45, 2.75) is 13.5 Å². The highest BCUT2D eigenvalue weighted by atomic mass is 19.2. The lowest BCUT2D eigenvalue weighted by atomic mass is 10.4. The number of ether oxygens (including phenoxy) is 2. The zero-order chi connectivity index (χ0) is 5.98. The van der Waals surface area contributed by atoms with Crippen molar-refractivity contribution in [2.75, 3.05) is 6.61 Å². The molecule has 0 bridgehead atoms. The Labute approximate surface area is 46.9 Å². The third-order valence-corrected chi connectivity index (χ3v) is 0.818. The van der Waals surface area contributed by atoms with E-state index in [0.29, 0.717) is 6.61 Å². The summed E-state index contributed by atoms with van der Waals surface area (Å²) >= 11 is 0. The fourth-order valence-corrected chi connectivity index (χ4v) is 0.440. The first-order valence-electron chi connectivity index (χ1n) is 2.36. The Bertz CT molecular complexity index is 111. The van der Waals surface area contributed by atoms with Gasteiger partial charge in [0.25, 0.3) is 0 Å². The van der Waals surface area contributed by atoms with Crippen LogP contribution in [-0.4, -0.2) is 13.2 Å². The molecule has 0 aromatic rings. The molecule has 3 heteroatoms. The molecule has 0 radical (unpaired) electrons. The van der Waals surface area contributed by atoms with Crippen LogP contribution in [0.5, 0.6) is 0 Å². The summed E-state index contributed by atoms with van der Waals surface area (Å²) in [5.74, 6) is 0. The maximum absolute atomic E-state index is 11.9. The largest absolute Gasteiger partial charge is 0.446 e. The lowest BCUT2D eigenvalue weighted by Gasteiger charge is -2.14. The molecule has 0 aliphatic carbocycles. The summed E-state index contributed by atoms with van der Waals surface area (Å²) in [4.78, 5) is 0. The van der Waals surface area contributed by atoms with Crippen LogP contribution in [0.4, 0.5) is 4.39 Å². The molecule has 0 aromatic heterocycles. The van der Waals surface area contributed by atoms with E-state index in [-0.39, 0.29) is 0 Å². The molecule has 2 nitrogen and oxygen atoms in total. The van der Waals surface area contributed by atoms with Crippen LogP contribution >= 0.6 is 0 Å². The van der Waals surface area contributed by atoms with Crippen molar-refractivity contribution in [3.63, 3.8) is 0 Å². The molecular weight excluding hydrogens is 111 g/mol. The maximum Gasteiger partial charge on any atom is 0.352 e. The number of hydrogen-bond acceptors (Lipinski definition) is 2. The Morgan fingerprint density at radius 3 is 3.00 bits per heavy atom. The summed E-state index contributed by atoms with van der Waals surface area (Å²) < 4.78 is 20.6. The van der Waals surface area contributed by atoms with Crippen molar-refractivity contribution in [1.82, 2.24) is 0 Å². The molecule has 1 aliphatic heterocycles. The summed E-state index contributed by atoms with van der Waals surface area (Å²) in [6.07, 6.45) is 1.37. The molecule has 0 saturated heterocycles. The van der Waals surface area contributed by atoms with Crippen LogP contribution in [-0.2, 0) is 9.47 Å². The van der Waals surface area contributed by atoms with E-state index in [2.05, 4.69) is 9.47 Å². The van der Waals surface area contributed by atoms with Gasteiger partial charge in [0.1, 0.15) is 0 Å². The topological polar surface area (TPSA) is 18.5 Å². The van der Waals surface area contributed by atoms with E-state index < -0.39 is 6.54 Å². The molecular formula is C5H7FO2. The zero-order valence-electron chi connectivity index (χ0n) is 4.56. The van der Waals surface area contributed by atoms with Gasteiger partial charge < -0.3 is 9.47 Å². The highest BCUT2D eigenvalue weighted by molar-refractivity contribution is 4.94. The van der Waals surface area contributed by atoms with Gasteiger partial charge >= 0.3 is 6.54 Å². The van der Waals surface area contributed by atoms with E-state index in [9.17, 15) is 4.39 Å². The average molecular weight is 118 g/mol. The van der Waals surface area contributed by atoms with Crippen LogP contribution in [0.15, 0.2) is 11.8 Å². The fraction of sp³-hybridized carbons (Fsp3) is 0.600. The van der Waals surface area contributed by atoms with Gasteiger partial charge in [0.15, 0.2) is 0 Å². The molecule has 1 heterocycles. The minimum Gasteiger partial charge on any atom is -0.446 e. The van der Waals surface area contributed by atoms with Gasteiger partial charge in [0, 0.05) is 0 Å². The van der Waals surface area contributed by atoms with Crippen LogP contribution in [0, 0.1) is 0 Å². The van der Waals surface area contributed by atoms with Gasteiger partial charge in [-0.25, -0.2) is 0 Å². The van der Waals surface area contributed by atoms with Crippen molar-refractivity contribution in [1.29, 1.82) is 0 Å². The van der Waals surface area contributed by atoms with Crippen molar-refractivity contribution in [2.24, 2.45) is 0 Å². The van der Waals surface area contributed by atoms with Crippen LogP contribution in [0.3, 0.4) is 0 Å². The SMILES string of the molecule is CC1=COC(F)OC1. The van der Waals surface area contributed by atoms with Gasteiger partial charge in [-0.2, -0.15) is 4.39 Å². The first-order chi connectivity index (χ1) is 3.79. The van der Waals surface area contributed by atoms with E-state index in [4.69, 9.17) is 0 Å². The molecule has 0 fully saturated rings. The van der Waals surface area contributed by atoms with Crippen LogP contribution < -0.4 is 0 Å². The molecule has 1 unspecified atom stereocenters. The maximum atomic E-state index is 11.9.